The van der Waals surface area contributed by atoms with Crippen LogP contribution in [0.3, 0.4) is 0 Å². The van der Waals surface area contributed by atoms with Gasteiger partial charge in [-0.1, -0.05) is 179 Å². The van der Waals surface area contributed by atoms with Crippen LogP contribution < -0.4 is 5.32 Å². The quantitative estimate of drug-likeness (QED) is 0.0217. The van der Waals surface area contributed by atoms with Crippen LogP contribution in [0.1, 0.15) is 219 Å². The smallest absolute Gasteiger partial charge is 0.249 e. The van der Waals surface area contributed by atoms with Crippen molar-refractivity contribution in [3.63, 3.8) is 0 Å². The second kappa shape index (κ2) is 40.1. The van der Waals surface area contributed by atoms with Crippen molar-refractivity contribution in [3.8, 4) is 0 Å². The molecule has 0 aromatic heterocycles. The topological polar surface area (TPSA) is 189 Å². The Morgan fingerprint density at radius 3 is 1.41 bits per heavy atom. The number of hydrogen-bond acceptors (Lipinski definition) is 10. The van der Waals surface area contributed by atoms with Crippen molar-refractivity contribution >= 4 is 5.91 Å². The maximum Gasteiger partial charge on any atom is 0.249 e. The molecule has 0 aromatic rings. The van der Waals surface area contributed by atoms with E-state index in [2.05, 4.69) is 43.5 Å². The molecule has 1 heterocycles. The summed E-state index contributed by atoms with van der Waals surface area (Å²) in [5.41, 5.74) is 0. The number of hydrogen-bond donors (Lipinski definition) is 8. The van der Waals surface area contributed by atoms with Gasteiger partial charge in [0.1, 0.15) is 36.6 Å². The molecular formula is C50H95NO10. The molecule has 1 aliphatic heterocycles. The summed E-state index contributed by atoms with van der Waals surface area (Å²) in [7, 11) is 0. The monoisotopic (exact) mass is 870 g/mol. The predicted molar refractivity (Wildman–Crippen MR) is 247 cm³/mol. The maximum absolute atomic E-state index is 13.1. The molecule has 0 saturated carbocycles. The Labute approximate surface area is 372 Å². The minimum absolute atomic E-state index is 0.248. The van der Waals surface area contributed by atoms with Crippen LogP contribution in [0.4, 0.5) is 0 Å². The highest BCUT2D eigenvalue weighted by molar-refractivity contribution is 5.80. The van der Waals surface area contributed by atoms with Crippen molar-refractivity contribution in [1.82, 2.24) is 5.32 Å². The van der Waals surface area contributed by atoms with E-state index in [1.54, 1.807) is 0 Å². The molecule has 0 aliphatic carbocycles. The Morgan fingerprint density at radius 2 is 0.967 bits per heavy atom. The van der Waals surface area contributed by atoms with Crippen LogP contribution in [0.2, 0.25) is 0 Å². The van der Waals surface area contributed by atoms with Crippen molar-refractivity contribution in [2.75, 3.05) is 13.2 Å². The first-order valence-corrected chi connectivity index (χ1v) is 25.2. The molecule has 1 fully saturated rings. The highest BCUT2D eigenvalue weighted by Crippen LogP contribution is 2.23. The number of allylic oxidation sites excluding steroid dienone is 4. The molecule has 360 valence electrons. The number of carbonyl (C=O) groups excluding carboxylic acids is 1. The van der Waals surface area contributed by atoms with Crippen molar-refractivity contribution in [2.45, 2.75) is 274 Å². The van der Waals surface area contributed by atoms with Crippen LogP contribution in [0.25, 0.3) is 0 Å². The van der Waals surface area contributed by atoms with Crippen LogP contribution in [0.15, 0.2) is 24.3 Å². The molecule has 11 heteroatoms. The van der Waals surface area contributed by atoms with E-state index >= 15 is 0 Å². The summed E-state index contributed by atoms with van der Waals surface area (Å²) >= 11 is 0. The Kier molecular flexibility index (Phi) is 37.9. The first-order valence-electron chi connectivity index (χ1n) is 25.2. The van der Waals surface area contributed by atoms with Crippen LogP contribution >= 0.6 is 0 Å². The Balaban J connectivity index is 2.40. The molecular weight excluding hydrogens is 775 g/mol. The van der Waals surface area contributed by atoms with E-state index in [0.29, 0.717) is 12.8 Å². The van der Waals surface area contributed by atoms with Gasteiger partial charge in [-0.15, -0.1) is 0 Å². The minimum Gasteiger partial charge on any atom is -0.394 e. The zero-order valence-corrected chi connectivity index (χ0v) is 38.9. The summed E-state index contributed by atoms with van der Waals surface area (Å²) < 4.78 is 11.1. The predicted octanol–water partition coefficient (Wildman–Crippen LogP) is 9.01. The number of carbonyl (C=O) groups is 1. The fraction of sp³-hybridized carbons (Fsp3) is 0.900. The fourth-order valence-corrected chi connectivity index (χ4v) is 8.02. The highest BCUT2D eigenvalue weighted by Gasteiger charge is 2.44. The summed E-state index contributed by atoms with van der Waals surface area (Å²) in [4.78, 5) is 13.1. The second-order valence-electron chi connectivity index (χ2n) is 17.9. The Morgan fingerprint density at radius 1 is 0.557 bits per heavy atom. The number of rotatable bonds is 42. The summed E-state index contributed by atoms with van der Waals surface area (Å²) in [6, 6.07) is -1.18. The van der Waals surface area contributed by atoms with Gasteiger partial charge in [-0.3, -0.25) is 4.79 Å². The Hall–Kier alpha value is -1.41. The number of aliphatic hydroxyl groups is 7. The molecule has 1 rings (SSSR count). The number of amides is 1. The molecule has 0 spiro atoms. The molecule has 1 amide bonds. The van der Waals surface area contributed by atoms with E-state index in [4.69, 9.17) is 9.47 Å². The van der Waals surface area contributed by atoms with E-state index in [9.17, 15) is 40.5 Å². The van der Waals surface area contributed by atoms with E-state index < -0.39 is 74.2 Å². The van der Waals surface area contributed by atoms with Crippen molar-refractivity contribution in [3.05, 3.63) is 24.3 Å². The molecule has 61 heavy (non-hydrogen) atoms. The van der Waals surface area contributed by atoms with E-state index in [0.717, 1.165) is 57.8 Å². The normalized spacial score (nSPS) is 21.6. The first kappa shape index (κ1) is 57.6. The maximum atomic E-state index is 13.1. The Bertz CT molecular complexity index is 1040. The van der Waals surface area contributed by atoms with Crippen molar-refractivity contribution in [1.29, 1.82) is 0 Å². The molecule has 9 atom stereocenters. The molecule has 9 unspecified atom stereocenters. The first-order chi connectivity index (χ1) is 29.7. The van der Waals surface area contributed by atoms with Gasteiger partial charge in [0.2, 0.25) is 5.91 Å². The van der Waals surface area contributed by atoms with Gasteiger partial charge in [0.15, 0.2) is 6.29 Å². The van der Waals surface area contributed by atoms with Gasteiger partial charge < -0.3 is 50.5 Å². The van der Waals surface area contributed by atoms with Gasteiger partial charge in [-0.25, -0.2) is 0 Å². The molecule has 0 aromatic carbocycles. The zero-order valence-electron chi connectivity index (χ0n) is 38.9. The average Bonchev–Trinajstić information content (AvgIpc) is 3.26. The lowest BCUT2D eigenvalue weighted by Gasteiger charge is -2.40. The molecule has 8 N–H and O–H groups in total. The summed E-state index contributed by atoms with van der Waals surface area (Å²) in [5, 5.41) is 75.7. The standard InChI is InChI=1S/C50H95NO10/c1-3-5-7-9-11-13-15-17-18-19-20-21-22-23-24-26-28-30-32-34-36-38-43(54)49(59)51-41(40-60-50-48(58)47(57)46(56)44(39-52)61-50)45(55)42(53)37-35-33-31-29-27-25-16-14-12-10-8-6-4-2/h22-23,29,31,41-48,50,52-58H,3-21,24-28,30,32-40H2,1-2H3,(H,51,59)/b23-22-,31-29+. The lowest BCUT2D eigenvalue weighted by Crippen LogP contribution is -2.60. The van der Waals surface area contributed by atoms with Gasteiger partial charge >= 0.3 is 0 Å². The molecule has 0 radical (unpaired) electrons. The third-order valence-corrected chi connectivity index (χ3v) is 12.2. The third-order valence-electron chi connectivity index (χ3n) is 12.2. The summed E-state index contributed by atoms with van der Waals surface area (Å²) in [5.74, 6) is -0.711. The van der Waals surface area contributed by atoms with Crippen molar-refractivity contribution < 1.29 is 50.0 Å². The van der Waals surface area contributed by atoms with Crippen LogP contribution in [0, 0.1) is 0 Å². The van der Waals surface area contributed by atoms with E-state index in [1.807, 2.05) is 0 Å². The van der Waals surface area contributed by atoms with E-state index in [-0.39, 0.29) is 12.8 Å². The lowest BCUT2D eigenvalue weighted by atomic mass is 9.98. The molecule has 1 saturated heterocycles. The van der Waals surface area contributed by atoms with Crippen LogP contribution in [0.5, 0.6) is 0 Å². The van der Waals surface area contributed by atoms with Gasteiger partial charge in [0.05, 0.1) is 25.4 Å². The van der Waals surface area contributed by atoms with Gasteiger partial charge in [-0.2, -0.15) is 0 Å². The highest BCUT2D eigenvalue weighted by atomic mass is 16.7. The third kappa shape index (κ3) is 29.6. The van der Waals surface area contributed by atoms with Crippen LogP contribution in [-0.2, 0) is 14.3 Å². The number of unbranched alkanes of at least 4 members (excludes halogenated alkanes) is 26. The average molecular weight is 870 g/mol. The zero-order chi connectivity index (χ0) is 44.8. The lowest BCUT2D eigenvalue weighted by molar-refractivity contribution is -0.303. The van der Waals surface area contributed by atoms with Crippen LogP contribution in [-0.4, -0.2) is 110 Å². The summed E-state index contributed by atoms with van der Waals surface area (Å²) in [6.07, 6.45) is 33.7. The largest absolute Gasteiger partial charge is 0.394 e. The SMILES string of the molecule is CCCCCCCCCC/C=C/CCCC(O)C(O)C(COC1OC(CO)C(O)C(O)C1O)NC(=O)C(O)CCCCCCCC/C=C\CCCCCCCCCCCCC. The van der Waals surface area contributed by atoms with Crippen molar-refractivity contribution in [2.24, 2.45) is 0 Å². The molecule has 0 bridgehead atoms. The number of nitrogens with one attached hydrogen (secondary N) is 1. The molecule has 11 nitrogen and oxygen atoms in total. The van der Waals surface area contributed by atoms with Gasteiger partial charge in [-0.05, 0) is 64.2 Å². The van der Waals surface area contributed by atoms with Gasteiger partial charge in [0.25, 0.3) is 0 Å². The summed E-state index contributed by atoms with van der Waals surface area (Å²) in [6.45, 7) is 3.42. The van der Waals surface area contributed by atoms with E-state index in [1.165, 1.54) is 122 Å². The minimum atomic E-state index is -1.67. The van der Waals surface area contributed by atoms with Gasteiger partial charge in [0, 0.05) is 0 Å². The number of ether oxygens (including phenoxy) is 2. The number of aliphatic hydroxyl groups excluding tert-OH is 7. The second-order valence-corrected chi connectivity index (χ2v) is 17.9. The molecule has 1 aliphatic rings. The fourth-order valence-electron chi connectivity index (χ4n) is 8.02.